The third kappa shape index (κ3) is 3.31. The molecule has 106 valence electrons. The predicted octanol–water partition coefficient (Wildman–Crippen LogP) is 4.29. The monoisotopic (exact) mass is 361 g/mol. The number of rotatable bonds is 3. The molecule has 0 bridgehead atoms. The van der Waals surface area contributed by atoms with Gasteiger partial charge in [0.25, 0.3) is 0 Å². The van der Waals surface area contributed by atoms with E-state index >= 15 is 0 Å². The van der Waals surface area contributed by atoms with Crippen LogP contribution in [0.25, 0.3) is 6.08 Å². The van der Waals surface area contributed by atoms with E-state index in [0.717, 1.165) is 20.6 Å². The Balaban J connectivity index is 1.79. The molecule has 1 amide bonds. The lowest BCUT2D eigenvalue weighted by Crippen LogP contribution is -2.19. The number of aryl methyl sites for hydroxylation is 1. The maximum atomic E-state index is 12.2. The van der Waals surface area contributed by atoms with Gasteiger partial charge in [-0.1, -0.05) is 6.08 Å². The van der Waals surface area contributed by atoms with E-state index < -0.39 is 0 Å². The van der Waals surface area contributed by atoms with Gasteiger partial charge in [-0.3, -0.25) is 9.59 Å². The molecule has 3 nitrogen and oxygen atoms in total. The first kappa shape index (κ1) is 14.2. The van der Waals surface area contributed by atoms with E-state index in [0.29, 0.717) is 18.4 Å². The lowest BCUT2D eigenvalue weighted by atomic mass is 9.98. The first-order chi connectivity index (χ1) is 10.1. The highest BCUT2D eigenvalue weighted by molar-refractivity contribution is 9.11. The molecular weight excluding hydrogens is 350 g/mol. The van der Waals surface area contributed by atoms with Crippen molar-refractivity contribution in [1.29, 1.82) is 0 Å². The largest absolute Gasteiger partial charge is 0.326 e. The number of nitrogens with one attached hydrogen (secondary N) is 1. The van der Waals surface area contributed by atoms with Gasteiger partial charge in [-0.05, 0) is 69.2 Å². The quantitative estimate of drug-likeness (QED) is 0.654. The molecule has 0 fully saturated rings. The highest BCUT2D eigenvalue weighted by Crippen LogP contribution is 2.24. The fourth-order valence-electron chi connectivity index (χ4n) is 2.22. The van der Waals surface area contributed by atoms with Crippen LogP contribution in [0.2, 0.25) is 0 Å². The number of hydrogen-bond acceptors (Lipinski definition) is 3. The maximum absolute atomic E-state index is 12.2. The molecule has 0 radical (unpaired) electrons. The van der Waals surface area contributed by atoms with Crippen molar-refractivity contribution in [2.24, 2.45) is 0 Å². The second kappa shape index (κ2) is 5.95. The van der Waals surface area contributed by atoms with Gasteiger partial charge in [0.2, 0.25) is 5.91 Å². The molecule has 0 atom stereocenters. The zero-order valence-corrected chi connectivity index (χ0v) is 13.5. The predicted molar refractivity (Wildman–Crippen MR) is 88.8 cm³/mol. The summed E-state index contributed by atoms with van der Waals surface area (Å²) in [6.45, 7) is 0. The van der Waals surface area contributed by atoms with E-state index in [-0.39, 0.29) is 11.7 Å². The normalized spacial score (nSPS) is 14.0. The number of halogens is 1. The number of benzene rings is 1. The number of carbonyl (C=O) groups excluding carboxylic acids is 2. The second-order valence-electron chi connectivity index (χ2n) is 4.80. The second-order valence-corrected chi connectivity index (χ2v) is 7.09. The average molecular weight is 362 g/mol. The van der Waals surface area contributed by atoms with Crippen molar-refractivity contribution in [3.8, 4) is 0 Å². The van der Waals surface area contributed by atoms with Crippen LogP contribution in [0.3, 0.4) is 0 Å². The van der Waals surface area contributed by atoms with Crippen molar-refractivity contribution < 1.29 is 9.59 Å². The number of hydrogen-bond donors (Lipinski definition) is 1. The van der Waals surface area contributed by atoms with Crippen molar-refractivity contribution in [3.05, 3.63) is 56.2 Å². The Morgan fingerprint density at radius 2 is 2.14 bits per heavy atom. The van der Waals surface area contributed by atoms with Gasteiger partial charge in [0.1, 0.15) is 0 Å². The summed E-state index contributed by atoms with van der Waals surface area (Å²) >= 11 is 4.98. The van der Waals surface area contributed by atoms with Crippen LogP contribution in [-0.2, 0) is 11.2 Å². The topological polar surface area (TPSA) is 46.2 Å². The summed E-state index contributed by atoms with van der Waals surface area (Å²) < 4.78 is 1.04. The summed E-state index contributed by atoms with van der Waals surface area (Å²) in [4.78, 5) is 23.5. The fraction of sp³-hybridized carbons (Fsp3) is 0.125. The molecule has 2 heterocycles. The molecule has 0 spiro atoms. The van der Waals surface area contributed by atoms with Gasteiger partial charge in [-0.25, -0.2) is 0 Å². The van der Waals surface area contributed by atoms with Crippen LogP contribution in [0.4, 0.5) is 5.69 Å². The van der Waals surface area contributed by atoms with Crippen molar-refractivity contribution in [3.63, 3.8) is 0 Å². The molecule has 21 heavy (non-hydrogen) atoms. The number of ketones is 1. The van der Waals surface area contributed by atoms with Crippen LogP contribution < -0.4 is 5.32 Å². The molecule has 2 aromatic rings. The number of allylic oxidation sites excluding steroid dienone is 1. The van der Waals surface area contributed by atoms with Gasteiger partial charge in [0.15, 0.2) is 5.78 Å². The Morgan fingerprint density at radius 3 is 2.90 bits per heavy atom. The van der Waals surface area contributed by atoms with Gasteiger partial charge in [0.05, 0.1) is 3.79 Å². The molecular formula is C16H12BrNO2S. The van der Waals surface area contributed by atoms with Crippen LogP contribution in [0.1, 0.15) is 27.9 Å². The molecule has 1 aromatic carbocycles. The van der Waals surface area contributed by atoms with E-state index in [4.69, 9.17) is 0 Å². The molecule has 0 aliphatic carbocycles. The van der Waals surface area contributed by atoms with E-state index in [1.54, 1.807) is 29.5 Å². The third-order valence-corrected chi connectivity index (χ3v) is 4.82. The van der Waals surface area contributed by atoms with Crippen molar-refractivity contribution in [2.75, 3.05) is 5.32 Å². The molecule has 1 aliphatic rings. The summed E-state index contributed by atoms with van der Waals surface area (Å²) in [6.07, 6.45) is 4.55. The summed E-state index contributed by atoms with van der Waals surface area (Å²) in [7, 11) is 0. The van der Waals surface area contributed by atoms with Gasteiger partial charge >= 0.3 is 0 Å². The van der Waals surface area contributed by atoms with Crippen LogP contribution >= 0.6 is 27.3 Å². The summed E-state index contributed by atoms with van der Waals surface area (Å²) in [5, 5.41) is 4.80. The Hall–Kier alpha value is -1.72. The average Bonchev–Trinajstić information content (AvgIpc) is 2.90. The van der Waals surface area contributed by atoms with E-state index in [9.17, 15) is 9.59 Å². The standard InChI is InChI=1S/C16H12BrNO2S/c17-15-7-10(9-21-15)1-5-14(19)12-2-4-13-11(8-12)3-6-16(20)18-13/h1-2,4-5,7-9H,3,6H2,(H,18,20). The zero-order valence-electron chi connectivity index (χ0n) is 11.1. The molecule has 1 aliphatic heterocycles. The number of amides is 1. The zero-order chi connectivity index (χ0) is 14.8. The summed E-state index contributed by atoms with van der Waals surface area (Å²) in [5.41, 5.74) is 3.49. The molecule has 1 aromatic heterocycles. The Morgan fingerprint density at radius 1 is 1.29 bits per heavy atom. The molecule has 1 N–H and O–H groups in total. The van der Waals surface area contributed by atoms with Gasteiger partial charge in [0, 0.05) is 17.7 Å². The van der Waals surface area contributed by atoms with Gasteiger partial charge < -0.3 is 5.32 Å². The summed E-state index contributed by atoms with van der Waals surface area (Å²) in [5.74, 6) is 0.00142. The minimum Gasteiger partial charge on any atom is -0.326 e. The molecule has 5 heteroatoms. The van der Waals surface area contributed by atoms with E-state index in [1.165, 1.54) is 0 Å². The first-order valence-corrected chi connectivity index (χ1v) is 8.18. The highest BCUT2D eigenvalue weighted by Gasteiger charge is 2.15. The molecule has 0 saturated carbocycles. The number of anilines is 1. The number of fused-ring (bicyclic) bond motifs is 1. The Bertz CT molecular complexity index is 748. The summed E-state index contributed by atoms with van der Waals surface area (Å²) in [6, 6.07) is 7.39. The van der Waals surface area contributed by atoms with Crippen LogP contribution in [0, 0.1) is 0 Å². The van der Waals surface area contributed by atoms with Crippen LogP contribution in [0.15, 0.2) is 39.5 Å². The number of thiophene rings is 1. The van der Waals surface area contributed by atoms with E-state index in [1.807, 2.05) is 23.6 Å². The molecule has 3 rings (SSSR count). The number of carbonyl (C=O) groups is 2. The van der Waals surface area contributed by atoms with Crippen molar-refractivity contribution >= 4 is 50.7 Å². The minimum atomic E-state index is -0.0305. The van der Waals surface area contributed by atoms with Crippen LogP contribution in [0.5, 0.6) is 0 Å². The third-order valence-electron chi connectivity index (χ3n) is 3.30. The van der Waals surface area contributed by atoms with Gasteiger partial charge in [-0.2, -0.15) is 0 Å². The lowest BCUT2D eigenvalue weighted by molar-refractivity contribution is -0.116. The minimum absolute atomic E-state index is 0.0305. The highest BCUT2D eigenvalue weighted by atomic mass is 79.9. The Labute approximate surface area is 134 Å². The van der Waals surface area contributed by atoms with Crippen molar-refractivity contribution in [1.82, 2.24) is 0 Å². The van der Waals surface area contributed by atoms with Crippen LogP contribution in [-0.4, -0.2) is 11.7 Å². The Kier molecular flexibility index (Phi) is 4.03. The maximum Gasteiger partial charge on any atom is 0.224 e. The molecule has 0 saturated heterocycles. The smallest absolute Gasteiger partial charge is 0.224 e. The first-order valence-electron chi connectivity index (χ1n) is 6.51. The lowest BCUT2D eigenvalue weighted by Gasteiger charge is -2.16. The molecule has 0 unspecified atom stereocenters. The van der Waals surface area contributed by atoms with Crippen molar-refractivity contribution in [2.45, 2.75) is 12.8 Å². The SMILES string of the molecule is O=C1CCc2cc(C(=O)C=Cc3csc(Br)c3)ccc2N1. The van der Waals surface area contributed by atoms with Gasteiger partial charge in [-0.15, -0.1) is 11.3 Å². The fourth-order valence-corrected chi connectivity index (χ4v) is 3.36. The van der Waals surface area contributed by atoms with E-state index in [2.05, 4.69) is 21.2 Å².